The van der Waals surface area contributed by atoms with Crippen molar-refractivity contribution in [3.63, 3.8) is 0 Å². The number of ether oxygens (including phenoxy) is 2. The maximum absolute atomic E-state index is 12.9. The second-order valence-electron chi connectivity index (χ2n) is 7.35. The minimum Gasteiger partial charge on any atom is -0.497 e. The number of aromatic nitrogens is 2. The summed E-state index contributed by atoms with van der Waals surface area (Å²) < 4.78 is 10.2. The Labute approximate surface area is 186 Å². The molecule has 2 heterocycles. The van der Waals surface area contributed by atoms with Crippen LogP contribution in [0.25, 0.3) is 11.3 Å². The van der Waals surface area contributed by atoms with Crippen LogP contribution in [0.15, 0.2) is 60.7 Å². The smallest absolute Gasteiger partial charge is 0.253 e. The van der Waals surface area contributed by atoms with Gasteiger partial charge in [0.2, 0.25) is 5.88 Å². The highest BCUT2D eigenvalue weighted by atomic mass is 16.5. The number of hydrogen-bond acceptors (Lipinski definition) is 6. The molecule has 2 amide bonds. The topological polar surface area (TPSA) is 84.9 Å². The predicted octanol–water partition coefficient (Wildman–Crippen LogP) is 2.76. The molecule has 3 aromatic rings. The van der Waals surface area contributed by atoms with Gasteiger partial charge in [-0.3, -0.25) is 9.59 Å². The highest BCUT2D eigenvalue weighted by molar-refractivity contribution is 5.96. The van der Waals surface area contributed by atoms with Crippen LogP contribution >= 0.6 is 0 Å². The summed E-state index contributed by atoms with van der Waals surface area (Å²) in [5.74, 6) is 1.07. The summed E-state index contributed by atoms with van der Waals surface area (Å²) in [6.07, 6.45) is 0. The fourth-order valence-corrected chi connectivity index (χ4v) is 3.58. The molecule has 0 aliphatic carbocycles. The van der Waals surface area contributed by atoms with E-state index in [9.17, 15) is 9.59 Å². The number of nitrogens with zero attached hydrogens (tertiary/aromatic N) is 4. The first-order valence-electron chi connectivity index (χ1n) is 10.3. The van der Waals surface area contributed by atoms with Gasteiger partial charge < -0.3 is 19.3 Å². The molecule has 1 fully saturated rings. The Kier molecular flexibility index (Phi) is 6.30. The first-order chi connectivity index (χ1) is 15.6. The minimum atomic E-state index is -0.0473. The monoisotopic (exact) mass is 432 g/mol. The van der Waals surface area contributed by atoms with Crippen LogP contribution in [0, 0.1) is 0 Å². The van der Waals surface area contributed by atoms with Crippen LogP contribution in [0.5, 0.6) is 11.6 Å². The summed E-state index contributed by atoms with van der Waals surface area (Å²) in [6.45, 7) is 1.98. The molecule has 2 aromatic carbocycles. The Morgan fingerprint density at radius 1 is 0.688 bits per heavy atom. The van der Waals surface area contributed by atoms with Crippen LogP contribution < -0.4 is 9.47 Å². The van der Waals surface area contributed by atoms with Gasteiger partial charge in [-0.25, -0.2) is 0 Å². The van der Waals surface area contributed by atoms with Gasteiger partial charge in [-0.15, -0.1) is 10.2 Å². The summed E-state index contributed by atoms with van der Waals surface area (Å²) in [6, 6.07) is 17.9. The summed E-state index contributed by atoms with van der Waals surface area (Å²) >= 11 is 0. The van der Waals surface area contributed by atoms with Crippen molar-refractivity contribution in [2.24, 2.45) is 0 Å². The van der Waals surface area contributed by atoms with Crippen molar-refractivity contribution in [1.29, 1.82) is 0 Å². The SMILES string of the molecule is COc1ccc(C(=O)N2CCN(C(=O)c3ccc(-c4ccc(OC)nn4)cc3)CC2)cc1. The van der Waals surface area contributed by atoms with Gasteiger partial charge in [-0.05, 0) is 42.5 Å². The van der Waals surface area contributed by atoms with Gasteiger partial charge in [0.25, 0.3) is 11.8 Å². The highest BCUT2D eigenvalue weighted by Gasteiger charge is 2.25. The van der Waals surface area contributed by atoms with Gasteiger partial charge in [-0.2, -0.15) is 0 Å². The van der Waals surface area contributed by atoms with Gasteiger partial charge in [-0.1, -0.05) is 12.1 Å². The molecule has 4 rings (SSSR count). The quantitative estimate of drug-likeness (QED) is 0.616. The molecule has 32 heavy (non-hydrogen) atoms. The van der Waals surface area contributed by atoms with E-state index in [0.29, 0.717) is 54.6 Å². The van der Waals surface area contributed by atoms with E-state index in [1.165, 1.54) is 0 Å². The molecule has 0 bridgehead atoms. The second-order valence-corrected chi connectivity index (χ2v) is 7.35. The van der Waals surface area contributed by atoms with E-state index >= 15 is 0 Å². The molecule has 0 unspecified atom stereocenters. The second kappa shape index (κ2) is 9.47. The van der Waals surface area contributed by atoms with Crippen molar-refractivity contribution < 1.29 is 19.1 Å². The lowest BCUT2D eigenvalue weighted by atomic mass is 10.1. The molecule has 1 aromatic heterocycles. The van der Waals surface area contributed by atoms with E-state index in [0.717, 1.165) is 5.56 Å². The van der Waals surface area contributed by atoms with E-state index in [1.54, 1.807) is 66.5 Å². The maximum atomic E-state index is 12.9. The molecular weight excluding hydrogens is 408 g/mol. The van der Waals surface area contributed by atoms with Gasteiger partial charge in [0, 0.05) is 48.9 Å². The number of hydrogen-bond donors (Lipinski definition) is 0. The third kappa shape index (κ3) is 4.54. The molecule has 8 heteroatoms. The Bertz CT molecular complexity index is 1070. The van der Waals surface area contributed by atoms with Crippen LogP contribution in [-0.2, 0) is 0 Å². The fourth-order valence-electron chi connectivity index (χ4n) is 3.58. The van der Waals surface area contributed by atoms with Gasteiger partial charge in [0.1, 0.15) is 5.75 Å². The van der Waals surface area contributed by atoms with Crippen molar-refractivity contribution in [1.82, 2.24) is 20.0 Å². The largest absolute Gasteiger partial charge is 0.497 e. The number of amides is 2. The summed E-state index contributed by atoms with van der Waals surface area (Å²) in [4.78, 5) is 29.2. The van der Waals surface area contributed by atoms with Crippen molar-refractivity contribution in [3.05, 3.63) is 71.8 Å². The van der Waals surface area contributed by atoms with E-state index in [4.69, 9.17) is 9.47 Å². The third-order valence-electron chi connectivity index (χ3n) is 5.47. The van der Waals surface area contributed by atoms with Gasteiger partial charge in [0.05, 0.1) is 19.9 Å². The Hall–Kier alpha value is -3.94. The molecule has 8 nitrogen and oxygen atoms in total. The molecule has 0 spiro atoms. The van der Waals surface area contributed by atoms with E-state index in [1.807, 2.05) is 18.2 Å². The molecule has 0 radical (unpaired) electrons. The van der Waals surface area contributed by atoms with Crippen molar-refractivity contribution in [2.45, 2.75) is 0 Å². The number of methoxy groups -OCH3 is 2. The lowest BCUT2D eigenvalue weighted by Gasteiger charge is -2.35. The normalized spacial score (nSPS) is 13.6. The number of benzene rings is 2. The van der Waals surface area contributed by atoms with Crippen molar-refractivity contribution >= 4 is 11.8 Å². The molecule has 0 atom stereocenters. The first-order valence-corrected chi connectivity index (χ1v) is 10.3. The molecule has 0 saturated carbocycles. The number of carbonyl (C=O) groups is 2. The molecule has 1 aliphatic heterocycles. The molecule has 1 aliphatic rings. The van der Waals surface area contributed by atoms with Crippen LogP contribution in [-0.4, -0.2) is 72.2 Å². The Morgan fingerprint density at radius 3 is 1.66 bits per heavy atom. The number of piperazine rings is 1. The Balaban J connectivity index is 1.35. The van der Waals surface area contributed by atoms with Crippen LogP contribution in [0.1, 0.15) is 20.7 Å². The van der Waals surface area contributed by atoms with Crippen LogP contribution in [0.3, 0.4) is 0 Å². The fraction of sp³-hybridized carbons (Fsp3) is 0.250. The summed E-state index contributed by atoms with van der Waals surface area (Å²) in [7, 11) is 3.13. The van der Waals surface area contributed by atoms with E-state index < -0.39 is 0 Å². The zero-order valence-electron chi connectivity index (χ0n) is 18.0. The highest BCUT2D eigenvalue weighted by Crippen LogP contribution is 2.20. The average molecular weight is 432 g/mol. The lowest BCUT2D eigenvalue weighted by molar-refractivity contribution is 0.0535. The zero-order chi connectivity index (χ0) is 22.5. The average Bonchev–Trinajstić information content (AvgIpc) is 2.88. The van der Waals surface area contributed by atoms with Gasteiger partial charge >= 0.3 is 0 Å². The molecule has 164 valence electrons. The maximum Gasteiger partial charge on any atom is 0.253 e. The molecule has 0 N–H and O–H groups in total. The van der Waals surface area contributed by atoms with E-state index in [2.05, 4.69) is 10.2 Å². The minimum absolute atomic E-state index is 0.0373. The van der Waals surface area contributed by atoms with Gasteiger partial charge in [0.15, 0.2) is 0 Å². The van der Waals surface area contributed by atoms with Crippen LogP contribution in [0.2, 0.25) is 0 Å². The standard InChI is InChI=1S/C24H24N4O4/c1-31-20-9-7-19(8-10-20)24(30)28-15-13-27(14-16-28)23(29)18-5-3-17(4-6-18)21-11-12-22(32-2)26-25-21/h3-12H,13-16H2,1-2H3. The van der Waals surface area contributed by atoms with Crippen molar-refractivity contribution in [2.75, 3.05) is 40.4 Å². The lowest BCUT2D eigenvalue weighted by Crippen LogP contribution is -2.50. The Morgan fingerprint density at radius 2 is 1.22 bits per heavy atom. The first kappa shape index (κ1) is 21.3. The summed E-state index contributed by atoms with van der Waals surface area (Å²) in [5.41, 5.74) is 2.79. The zero-order valence-corrected chi connectivity index (χ0v) is 18.0. The third-order valence-corrected chi connectivity index (χ3v) is 5.47. The molecule has 1 saturated heterocycles. The van der Waals surface area contributed by atoms with Crippen LogP contribution in [0.4, 0.5) is 0 Å². The number of carbonyl (C=O) groups excluding carboxylic acids is 2. The predicted molar refractivity (Wildman–Crippen MR) is 119 cm³/mol. The summed E-state index contributed by atoms with van der Waals surface area (Å²) in [5, 5.41) is 8.10. The van der Waals surface area contributed by atoms with Crippen molar-refractivity contribution in [3.8, 4) is 22.9 Å². The molecular formula is C24H24N4O4. The number of rotatable bonds is 5. The van der Waals surface area contributed by atoms with E-state index in [-0.39, 0.29) is 11.8 Å².